The van der Waals surface area contributed by atoms with E-state index in [0.29, 0.717) is 5.56 Å². The summed E-state index contributed by atoms with van der Waals surface area (Å²) in [6.45, 7) is 0.806. The van der Waals surface area contributed by atoms with Crippen molar-refractivity contribution in [1.82, 2.24) is 5.32 Å². The van der Waals surface area contributed by atoms with Crippen molar-refractivity contribution < 1.29 is 0 Å². The Morgan fingerprint density at radius 3 is 2.57 bits per heavy atom. The highest BCUT2D eigenvalue weighted by atomic mass is 14.9. The summed E-state index contributed by atoms with van der Waals surface area (Å²) in [7, 11) is 1.89. The lowest BCUT2D eigenvalue weighted by Crippen LogP contribution is -2.33. The van der Waals surface area contributed by atoms with Crippen LogP contribution in [-0.4, -0.2) is 19.6 Å². The van der Waals surface area contributed by atoms with Crippen LogP contribution in [0, 0.1) is 11.3 Å². The lowest BCUT2D eigenvalue weighted by Gasteiger charge is -2.10. The van der Waals surface area contributed by atoms with Gasteiger partial charge in [-0.2, -0.15) is 5.26 Å². The summed E-state index contributed by atoms with van der Waals surface area (Å²) >= 11 is 0. The molecule has 0 saturated carbocycles. The third-order valence-electron chi connectivity index (χ3n) is 2.05. The smallest absolute Gasteiger partial charge is 0.0991 e. The average Bonchev–Trinajstić information content (AvgIpc) is 2.19. The third kappa shape index (κ3) is 3.17. The number of nitriles is 1. The molecule has 1 aromatic rings. The van der Waals surface area contributed by atoms with E-state index < -0.39 is 0 Å². The number of nitrogens with two attached hydrogens (primary N) is 1. The van der Waals surface area contributed by atoms with Gasteiger partial charge in [0.15, 0.2) is 0 Å². The topological polar surface area (TPSA) is 61.8 Å². The second-order valence-electron chi connectivity index (χ2n) is 3.33. The second-order valence-corrected chi connectivity index (χ2v) is 3.33. The Morgan fingerprint density at radius 2 is 2.07 bits per heavy atom. The lowest BCUT2D eigenvalue weighted by molar-refractivity contribution is 0.616. The van der Waals surface area contributed by atoms with E-state index >= 15 is 0 Å². The number of benzene rings is 1. The molecule has 0 bridgehead atoms. The molecule has 1 atom stereocenters. The number of nitrogens with one attached hydrogen (secondary N) is 1. The maximum Gasteiger partial charge on any atom is 0.0991 e. The number of nitrogens with zero attached hydrogens (tertiary/aromatic N) is 1. The molecular formula is C11H15N3. The molecule has 0 aliphatic carbocycles. The van der Waals surface area contributed by atoms with E-state index in [1.165, 1.54) is 5.56 Å². The zero-order chi connectivity index (χ0) is 10.4. The Kier molecular flexibility index (Phi) is 4.11. The predicted molar refractivity (Wildman–Crippen MR) is 56.8 cm³/mol. The van der Waals surface area contributed by atoms with Crippen molar-refractivity contribution in [2.24, 2.45) is 5.73 Å². The van der Waals surface area contributed by atoms with Gasteiger partial charge in [-0.25, -0.2) is 0 Å². The molecule has 1 aromatic carbocycles. The first-order valence-electron chi connectivity index (χ1n) is 4.65. The van der Waals surface area contributed by atoms with E-state index in [1.54, 1.807) is 0 Å². The molecule has 0 radical (unpaired) electrons. The van der Waals surface area contributed by atoms with Gasteiger partial charge >= 0.3 is 0 Å². The Hall–Kier alpha value is -1.37. The van der Waals surface area contributed by atoms with Crippen molar-refractivity contribution in [2.75, 3.05) is 13.6 Å². The van der Waals surface area contributed by atoms with E-state index in [2.05, 4.69) is 11.4 Å². The summed E-state index contributed by atoms with van der Waals surface area (Å²) in [5.74, 6) is 0. The van der Waals surface area contributed by atoms with Crippen LogP contribution in [-0.2, 0) is 6.42 Å². The van der Waals surface area contributed by atoms with Gasteiger partial charge in [-0.1, -0.05) is 12.1 Å². The van der Waals surface area contributed by atoms with E-state index in [1.807, 2.05) is 31.3 Å². The summed E-state index contributed by atoms with van der Waals surface area (Å²) in [6.07, 6.45) is 0.840. The van der Waals surface area contributed by atoms with Gasteiger partial charge < -0.3 is 11.1 Å². The summed E-state index contributed by atoms with van der Waals surface area (Å²) in [5, 5.41) is 11.6. The standard InChI is InChI=1S/C11H15N3/c1-14-8-11(13)6-9-2-4-10(7-12)5-3-9/h2-5,11,14H,6,8,13H2,1H3. The maximum atomic E-state index is 8.61. The van der Waals surface area contributed by atoms with Crippen LogP contribution < -0.4 is 11.1 Å². The molecule has 74 valence electrons. The van der Waals surface area contributed by atoms with Crippen molar-refractivity contribution in [3.05, 3.63) is 35.4 Å². The molecule has 3 heteroatoms. The van der Waals surface area contributed by atoms with Gasteiger partial charge in [0.1, 0.15) is 0 Å². The number of hydrogen-bond acceptors (Lipinski definition) is 3. The SMILES string of the molecule is CNCC(N)Cc1ccc(C#N)cc1. The van der Waals surface area contributed by atoms with E-state index in [0.717, 1.165) is 13.0 Å². The minimum absolute atomic E-state index is 0.132. The Morgan fingerprint density at radius 1 is 1.43 bits per heavy atom. The number of likely N-dealkylation sites (N-methyl/N-ethyl adjacent to an activating group) is 1. The molecule has 14 heavy (non-hydrogen) atoms. The van der Waals surface area contributed by atoms with Gasteiger partial charge in [0.25, 0.3) is 0 Å². The molecular weight excluding hydrogens is 174 g/mol. The molecule has 0 heterocycles. The van der Waals surface area contributed by atoms with E-state index in [-0.39, 0.29) is 6.04 Å². The molecule has 0 spiro atoms. The van der Waals surface area contributed by atoms with Crippen molar-refractivity contribution in [1.29, 1.82) is 5.26 Å². The minimum atomic E-state index is 0.132. The molecule has 1 rings (SSSR count). The van der Waals surface area contributed by atoms with Crippen molar-refractivity contribution in [2.45, 2.75) is 12.5 Å². The summed E-state index contributed by atoms with van der Waals surface area (Å²) in [6, 6.07) is 9.77. The normalized spacial score (nSPS) is 12.1. The van der Waals surface area contributed by atoms with Gasteiger partial charge in [0.05, 0.1) is 11.6 Å². The first kappa shape index (κ1) is 10.7. The molecule has 0 amide bonds. The van der Waals surface area contributed by atoms with Gasteiger partial charge in [-0.15, -0.1) is 0 Å². The quantitative estimate of drug-likeness (QED) is 0.731. The molecule has 1 unspecified atom stereocenters. The van der Waals surface area contributed by atoms with Crippen LogP contribution in [0.1, 0.15) is 11.1 Å². The van der Waals surface area contributed by atoms with E-state index in [4.69, 9.17) is 11.0 Å². The molecule has 3 nitrogen and oxygen atoms in total. The zero-order valence-electron chi connectivity index (χ0n) is 8.33. The van der Waals surface area contributed by atoms with Crippen molar-refractivity contribution in [3.63, 3.8) is 0 Å². The highest BCUT2D eigenvalue weighted by Crippen LogP contribution is 2.05. The summed E-state index contributed by atoms with van der Waals surface area (Å²) < 4.78 is 0. The second kappa shape index (κ2) is 5.38. The lowest BCUT2D eigenvalue weighted by atomic mass is 10.1. The predicted octanol–water partition coefficient (Wildman–Crippen LogP) is 0.647. The fraction of sp³-hybridized carbons (Fsp3) is 0.364. The minimum Gasteiger partial charge on any atom is -0.326 e. The Labute approximate surface area is 84.5 Å². The summed E-state index contributed by atoms with van der Waals surface area (Å²) in [4.78, 5) is 0. The van der Waals surface area contributed by atoms with Crippen LogP contribution in [0.15, 0.2) is 24.3 Å². The number of hydrogen-bond donors (Lipinski definition) is 2. The highest BCUT2D eigenvalue weighted by molar-refractivity contribution is 5.31. The fourth-order valence-corrected chi connectivity index (χ4v) is 1.35. The van der Waals surface area contributed by atoms with Crippen LogP contribution in [0.5, 0.6) is 0 Å². The molecule has 0 saturated heterocycles. The molecule has 3 N–H and O–H groups in total. The molecule has 0 aliphatic rings. The summed E-state index contributed by atoms with van der Waals surface area (Å²) in [5.41, 5.74) is 7.72. The monoisotopic (exact) mass is 189 g/mol. The van der Waals surface area contributed by atoms with Gasteiger partial charge in [-0.3, -0.25) is 0 Å². The van der Waals surface area contributed by atoms with Crippen LogP contribution in [0.3, 0.4) is 0 Å². The van der Waals surface area contributed by atoms with Crippen molar-refractivity contribution in [3.8, 4) is 6.07 Å². The number of rotatable bonds is 4. The van der Waals surface area contributed by atoms with Crippen LogP contribution in [0.4, 0.5) is 0 Å². The first-order chi connectivity index (χ1) is 6.76. The van der Waals surface area contributed by atoms with Gasteiger partial charge in [0.2, 0.25) is 0 Å². The van der Waals surface area contributed by atoms with Crippen LogP contribution in [0.25, 0.3) is 0 Å². The van der Waals surface area contributed by atoms with Crippen molar-refractivity contribution >= 4 is 0 Å². The zero-order valence-corrected chi connectivity index (χ0v) is 8.33. The third-order valence-corrected chi connectivity index (χ3v) is 2.05. The Balaban J connectivity index is 2.56. The first-order valence-corrected chi connectivity index (χ1v) is 4.65. The molecule has 0 aliphatic heterocycles. The largest absolute Gasteiger partial charge is 0.326 e. The highest BCUT2D eigenvalue weighted by Gasteiger charge is 2.02. The molecule has 0 fully saturated rings. The van der Waals surface area contributed by atoms with Gasteiger partial charge in [0, 0.05) is 12.6 Å². The average molecular weight is 189 g/mol. The Bertz CT molecular complexity index is 310. The van der Waals surface area contributed by atoms with E-state index in [9.17, 15) is 0 Å². The maximum absolute atomic E-state index is 8.61. The molecule has 0 aromatic heterocycles. The van der Waals surface area contributed by atoms with Crippen LogP contribution in [0.2, 0.25) is 0 Å². The van der Waals surface area contributed by atoms with Gasteiger partial charge in [-0.05, 0) is 31.2 Å². The van der Waals surface area contributed by atoms with Crippen LogP contribution >= 0.6 is 0 Å². The fourth-order valence-electron chi connectivity index (χ4n) is 1.35.